The molecule has 0 fully saturated rings. The molecular formula is C18H18N4O3. The van der Waals surface area contributed by atoms with Gasteiger partial charge in [0.25, 0.3) is 5.91 Å². The SMILES string of the molecule is CC(C)COc1cc(NC(=O)c2cc(=O)[nH]c3ccccc23)ncn1. The predicted octanol–water partition coefficient (Wildman–Crippen LogP) is 2.61. The molecule has 3 rings (SSSR count). The lowest BCUT2D eigenvalue weighted by Crippen LogP contribution is -2.17. The van der Waals surface area contributed by atoms with Gasteiger partial charge in [-0.05, 0) is 12.0 Å². The van der Waals surface area contributed by atoms with Crippen molar-refractivity contribution in [1.82, 2.24) is 15.0 Å². The first kappa shape index (κ1) is 16.6. The first-order valence-electron chi connectivity index (χ1n) is 7.91. The molecule has 0 aliphatic carbocycles. The number of H-pyrrole nitrogens is 1. The zero-order valence-electron chi connectivity index (χ0n) is 13.9. The number of benzene rings is 1. The number of carbonyl (C=O) groups excluding carboxylic acids is 1. The summed E-state index contributed by atoms with van der Waals surface area (Å²) >= 11 is 0. The standard InChI is InChI=1S/C18H18N4O3/c1-11(2)9-25-17-8-15(19-10-20-17)22-18(24)13-7-16(23)21-14-6-4-3-5-12(13)14/h3-8,10-11H,9H2,1-2H3,(H,21,23)(H,19,20,22,24). The van der Waals surface area contributed by atoms with Gasteiger partial charge in [-0.15, -0.1) is 0 Å². The Morgan fingerprint density at radius 2 is 2.04 bits per heavy atom. The van der Waals surface area contributed by atoms with Crippen molar-refractivity contribution in [3.63, 3.8) is 0 Å². The first-order valence-corrected chi connectivity index (χ1v) is 7.91. The van der Waals surface area contributed by atoms with Gasteiger partial charge in [0.15, 0.2) is 0 Å². The van der Waals surface area contributed by atoms with E-state index >= 15 is 0 Å². The number of nitrogens with zero attached hydrogens (tertiary/aromatic N) is 2. The van der Waals surface area contributed by atoms with Crippen molar-refractivity contribution in [2.45, 2.75) is 13.8 Å². The van der Waals surface area contributed by atoms with Gasteiger partial charge >= 0.3 is 0 Å². The van der Waals surface area contributed by atoms with E-state index in [4.69, 9.17) is 4.74 Å². The molecule has 0 radical (unpaired) electrons. The molecule has 128 valence electrons. The van der Waals surface area contributed by atoms with Gasteiger partial charge in [0.2, 0.25) is 11.4 Å². The lowest BCUT2D eigenvalue weighted by atomic mass is 10.1. The predicted molar refractivity (Wildman–Crippen MR) is 94.9 cm³/mol. The molecule has 1 amide bonds. The Hall–Kier alpha value is -3.22. The van der Waals surface area contributed by atoms with Crippen LogP contribution in [0.1, 0.15) is 24.2 Å². The molecule has 0 aliphatic rings. The topological polar surface area (TPSA) is 97.0 Å². The van der Waals surface area contributed by atoms with Crippen LogP contribution < -0.4 is 15.6 Å². The highest BCUT2D eigenvalue weighted by Crippen LogP contribution is 2.17. The van der Waals surface area contributed by atoms with Crippen molar-refractivity contribution in [3.8, 4) is 5.88 Å². The molecule has 0 saturated carbocycles. The van der Waals surface area contributed by atoms with Gasteiger partial charge in [-0.2, -0.15) is 0 Å². The van der Waals surface area contributed by atoms with E-state index in [1.807, 2.05) is 13.8 Å². The minimum atomic E-state index is -0.421. The Balaban J connectivity index is 1.86. The van der Waals surface area contributed by atoms with Gasteiger partial charge in [-0.3, -0.25) is 9.59 Å². The molecule has 0 bridgehead atoms. The van der Waals surface area contributed by atoms with Crippen LogP contribution >= 0.6 is 0 Å². The van der Waals surface area contributed by atoms with Crippen molar-refractivity contribution in [1.29, 1.82) is 0 Å². The van der Waals surface area contributed by atoms with Crippen LogP contribution in [0.25, 0.3) is 10.9 Å². The summed E-state index contributed by atoms with van der Waals surface area (Å²) in [6.07, 6.45) is 1.32. The van der Waals surface area contributed by atoms with Gasteiger partial charge in [0, 0.05) is 23.0 Å². The zero-order chi connectivity index (χ0) is 17.8. The smallest absolute Gasteiger partial charge is 0.257 e. The lowest BCUT2D eigenvalue weighted by Gasteiger charge is -2.10. The van der Waals surface area contributed by atoms with Crippen LogP contribution in [0.3, 0.4) is 0 Å². The number of carbonyl (C=O) groups is 1. The summed E-state index contributed by atoms with van der Waals surface area (Å²) in [5.41, 5.74) is 0.541. The summed E-state index contributed by atoms with van der Waals surface area (Å²) in [4.78, 5) is 35.1. The van der Waals surface area contributed by atoms with Crippen LogP contribution in [0.15, 0.2) is 47.5 Å². The average Bonchev–Trinajstić information content (AvgIpc) is 2.59. The van der Waals surface area contributed by atoms with Crippen molar-refractivity contribution >= 4 is 22.6 Å². The maximum Gasteiger partial charge on any atom is 0.257 e. The highest BCUT2D eigenvalue weighted by atomic mass is 16.5. The summed E-state index contributed by atoms with van der Waals surface area (Å²) in [7, 11) is 0. The molecule has 2 aromatic heterocycles. The summed E-state index contributed by atoms with van der Waals surface area (Å²) in [6, 6.07) is 9.95. The Morgan fingerprint density at radius 3 is 2.84 bits per heavy atom. The number of aromatic nitrogens is 3. The molecule has 0 unspecified atom stereocenters. The maximum absolute atomic E-state index is 12.6. The molecule has 2 heterocycles. The van der Waals surface area contributed by atoms with E-state index < -0.39 is 5.91 Å². The van der Waals surface area contributed by atoms with Crippen LogP contribution in [0, 0.1) is 5.92 Å². The molecule has 7 heteroatoms. The lowest BCUT2D eigenvalue weighted by molar-refractivity contribution is 0.102. The Labute approximate surface area is 144 Å². The summed E-state index contributed by atoms with van der Waals surface area (Å²) in [5.74, 6) is 0.629. The number of nitrogens with one attached hydrogen (secondary N) is 2. The molecule has 1 aromatic carbocycles. The molecule has 3 aromatic rings. The van der Waals surface area contributed by atoms with Gasteiger partial charge < -0.3 is 15.0 Å². The summed E-state index contributed by atoms with van der Waals surface area (Å²) in [6.45, 7) is 4.58. The molecule has 25 heavy (non-hydrogen) atoms. The van der Waals surface area contributed by atoms with Gasteiger partial charge in [-0.25, -0.2) is 9.97 Å². The summed E-state index contributed by atoms with van der Waals surface area (Å²) in [5, 5.41) is 3.34. The molecule has 0 saturated heterocycles. The number of pyridine rings is 1. The van der Waals surface area contributed by atoms with Gasteiger partial charge in [0.05, 0.1) is 12.2 Å². The quantitative estimate of drug-likeness (QED) is 0.745. The van der Waals surface area contributed by atoms with Crippen molar-refractivity contribution in [3.05, 3.63) is 58.6 Å². The van der Waals surface area contributed by atoms with Crippen LogP contribution in [-0.4, -0.2) is 27.5 Å². The fourth-order valence-electron chi connectivity index (χ4n) is 2.31. The molecular weight excluding hydrogens is 320 g/mol. The van der Waals surface area contributed by atoms with Crippen molar-refractivity contribution in [2.75, 3.05) is 11.9 Å². The number of hydrogen-bond donors (Lipinski definition) is 2. The highest BCUT2D eigenvalue weighted by molar-refractivity contribution is 6.11. The van der Waals surface area contributed by atoms with E-state index in [1.54, 1.807) is 30.3 Å². The monoisotopic (exact) mass is 338 g/mol. The van der Waals surface area contributed by atoms with Crippen molar-refractivity contribution < 1.29 is 9.53 Å². The normalized spacial score (nSPS) is 10.8. The van der Waals surface area contributed by atoms with Crippen molar-refractivity contribution in [2.24, 2.45) is 5.92 Å². The Kier molecular flexibility index (Phi) is 4.74. The number of fused-ring (bicyclic) bond motifs is 1. The Morgan fingerprint density at radius 1 is 1.24 bits per heavy atom. The van der Waals surface area contributed by atoms with Crippen LogP contribution in [0.2, 0.25) is 0 Å². The van der Waals surface area contributed by atoms with Gasteiger partial charge in [-0.1, -0.05) is 32.0 Å². The first-order chi connectivity index (χ1) is 12.0. The number of para-hydroxylation sites is 1. The van der Waals surface area contributed by atoms with Crippen LogP contribution in [-0.2, 0) is 0 Å². The largest absolute Gasteiger partial charge is 0.477 e. The van der Waals surface area contributed by atoms with Gasteiger partial charge in [0.1, 0.15) is 12.1 Å². The average molecular weight is 338 g/mol. The van der Waals surface area contributed by atoms with E-state index in [0.29, 0.717) is 35.1 Å². The highest BCUT2D eigenvalue weighted by Gasteiger charge is 2.13. The molecule has 0 aliphatic heterocycles. The number of ether oxygens (including phenoxy) is 1. The fraction of sp³-hybridized carbons (Fsp3) is 0.222. The van der Waals surface area contributed by atoms with E-state index in [2.05, 4.69) is 20.3 Å². The van der Waals surface area contributed by atoms with E-state index in [1.165, 1.54) is 12.4 Å². The number of aromatic amines is 1. The maximum atomic E-state index is 12.6. The fourth-order valence-corrected chi connectivity index (χ4v) is 2.31. The van der Waals surface area contributed by atoms with E-state index in [9.17, 15) is 9.59 Å². The number of hydrogen-bond acceptors (Lipinski definition) is 5. The minimum Gasteiger partial charge on any atom is -0.477 e. The molecule has 2 N–H and O–H groups in total. The number of amides is 1. The third-order valence-electron chi connectivity index (χ3n) is 3.44. The zero-order valence-corrected chi connectivity index (χ0v) is 13.9. The molecule has 0 atom stereocenters. The van der Waals surface area contributed by atoms with Crippen LogP contribution in [0.4, 0.5) is 5.82 Å². The minimum absolute atomic E-state index is 0.280. The summed E-state index contributed by atoms with van der Waals surface area (Å²) < 4.78 is 5.53. The molecule has 0 spiro atoms. The number of rotatable bonds is 5. The Bertz CT molecular complexity index is 966. The second-order valence-corrected chi connectivity index (χ2v) is 5.99. The third kappa shape index (κ3) is 4.00. The number of anilines is 1. The van der Waals surface area contributed by atoms with E-state index in [-0.39, 0.29) is 11.1 Å². The molecule has 7 nitrogen and oxygen atoms in total. The second-order valence-electron chi connectivity index (χ2n) is 5.99. The second kappa shape index (κ2) is 7.12. The van der Waals surface area contributed by atoms with E-state index in [0.717, 1.165) is 0 Å². The third-order valence-corrected chi connectivity index (χ3v) is 3.44. The van der Waals surface area contributed by atoms with Crippen LogP contribution in [0.5, 0.6) is 5.88 Å².